The van der Waals surface area contributed by atoms with Crippen molar-refractivity contribution in [3.05, 3.63) is 36.5 Å². The van der Waals surface area contributed by atoms with Gasteiger partial charge in [-0.05, 0) is 50.3 Å². The molecule has 25 heavy (non-hydrogen) atoms. The number of aliphatic hydroxyl groups is 1. The summed E-state index contributed by atoms with van der Waals surface area (Å²) >= 11 is 5.02. The molecule has 0 fully saturated rings. The SMILES string of the molecule is CCC=CCC=CCC=CCCCCCCCCCC(O)CC(C)=S. The summed E-state index contributed by atoms with van der Waals surface area (Å²) in [6.07, 6.45) is 28.4. The van der Waals surface area contributed by atoms with E-state index in [9.17, 15) is 5.11 Å². The van der Waals surface area contributed by atoms with Gasteiger partial charge in [-0.25, -0.2) is 0 Å². The average molecular weight is 365 g/mol. The number of aliphatic hydroxyl groups excluding tert-OH is 1. The number of hydrogen-bond donors (Lipinski definition) is 1. The Bertz CT molecular complexity index is 382. The van der Waals surface area contributed by atoms with Crippen molar-refractivity contribution < 1.29 is 5.11 Å². The zero-order valence-corrected chi connectivity index (χ0v) is 17.4. The molecule has 0 rings (SSSR count). The first-order valence-corrected chi connectivity index (χ1v) is 10.7. The third kappa shape index (κ3) is 21.2. The lowest BCUT2D eigenvalue weighted by atomic mass is 10.0. The minimum atomic E-state index is -0.216. The van der Waals surface area contributed by atoms with E-state index in [1.54, 1.807) is 0 Å². The Morgan fingerprint density at radius 1 is 0.800 bits per heavy atom. The van der Waals surface area contributed by atoms with E-state index in [1.807, 2.05) is 6.92 Å². The molecule has 0 bridgehead atoms. The Balaban J connectivity index is 3.27. The minimum Gasteiger partial charge on any atom is -0.393 e. The summed E-state index contributed by atoms with van der Waals surface area (Å²) in [5.74, 6) is 0. The molecule has 0 aromatic rings. The van der Waals surface area contributed by atoms with Gasteiger partial charge in [0.05, 0.1) is 6.10 Å². The van der Waals surface area contributed by atoms with Gasteiger partial charge in [-0.2, -0.15) is 0 Å². The average Bonchev–Trinajstić information content (AvgIpc) is 2.57. The Hall–Kier alpha value is -0.730. The highest BCUT2D eigenvalue weighted by Gasteiger charge is 2.04. The minimum absolute atomic E-state index is 0.216. The van der Waals surface area contributed by atoms with Gasteiger partial charge in [0.2, 0.25) is 0 Å². The molecule has 0 amide bonds. The van der Waals surface area contributed by atoms with Gasteiger partial charge in [0.25, 0.3) is 0 Å². The summed E-state index contributed by atoms with van der Waals surface area (Å²) in [7, 11) is 0. The number of allylic oxidation sites excluding steroid dienone is 6. The lowest BCUT2D eigenvalue weighted by Crippen LogP contribution is -2.09. The monoisotopic (exact) mass is 364 g/mol. The Morgan fingerprint density at radius 3 is 1.92 bits per heavy atom. The Labute approximate surface area is 162 Å². The van der Waals surface area contributed by atoms with Gasteiger partial charge in [0.1, 0.15) is 0 Å². The molecular weight excluding hydrogens is 324 g/mol. The van der Waals surface area contributed by atoms with Crippen molar-refractivity contribution in [1.29, 1.82) is 0 Å². The van der Waals surface area contributed by atoms with Crippen molar-refractivity contribution in [2.45, 2.75) is 103 Å². The van der Waals surface area contributed by atoms with Crippen LogP contribution in [0.4, 0.5) is 0 Å². The largest absolute Gasteiger partial charge is 0.393 e. The third-order valence-electron chi connectivity index (χ3n) is 4.21. The van der Waals surface area contributed by atoms with E-state index < -0.39 is 0 Å². The van der Waals surface area contributed by atoms with Crippen LogP contribution >= 0.6 is 12.2 Å². The van der Waals surface area contributed by atoms with Crippen LogP contribution in [0.1, 0.15) is 97.3 Å². The van der Waals surface area contributed by atoms with Crippen LogP contribution in [0.3, 0.4) is 0 Å². The second kappa shape index (κ2) is 19.6. The van der Waals surface area contributed by atoms with E-state index in [0.717, 1.165) is 37.0 Å². The molecule has 0 aromatic heterocycles. The van der Waals surface area contributed by atoms with Gasteiger partial charge in [-0.1, -0.05) is 94.1 Å². The van der Waals surface area contributed by atoms with Gasteiger partial charge < -0.3 is 5.11 Å². The van der Waals surface area contributed by atoms with Crippen LogP contribution in [0.2, 0.25) is 0 Å². The zero-order valence-electron chi connectivity index (χ0n) is 16.6. The summed E-state index contributed by atoms with van der Waals surface area (Å²) < 4.78 is 0. The summed E-state index contributed by atoms with van der Waals surface area (Å²) in [6.45, 7) is 4.08. The van der Waals surface area contributed by atoms with Gasteiger partial charge in [-0.3, -0.25) is 0 Å². The maximum Gasteiger partial charge on any atom is 0.0585 e. The molecule has 0 saturated carbocycles. The highest BCUT2D eigenvalue weighted by molar-refractivity contribution is 7.80. The fraction of sp³-hybridized carbons (Fsp3) is 0.696. The standard InChI is InChI=1S/C23H40OS/c1-3-4-5-6-7-8-9-10-11-12-13-14-15-16-17-18-19-20-23(24)21-22(2)25/h4-5,7-8,10-11,23-24H,3,6,9,12-21H2,1-2H3. The van der Waals surface area contributed by atoms with E-state index in [-0.39, 0.29) is 6.10 Å². The molecular formula is C23H40OS. The molecule has 0 heterocycles. The molecule has 0 aliphatic rings. The summed E-state index contributed by atoms with van der Waals surface area (Å²) in [4.78, 5) is 0.918. The molecule has 1 unspecified atom stereocenters. The Kier molecular flexibility index (Phi) is 19.0. The zero-order chi connectivity index (χ0) is 18.6. The summed E-state index contributed by atoms with van der Waals surface area (Å²) in [6, 6.07) is 0. The molecule has 0 spiro atoms. The molecule has 0 aliphatic heterocycles. The fourth-order valence-corrected chi connectivity index (χ4v) is 2.98. The van der Waals surface area contributed by atoms with Crippen LogP contribution in [0.5, 0.6) is 0 Å². The van der Waals surface area contributed by atoms with E-state index in [0.29, 0.717) is 6.42 Å². The molecule has 0 aliphatic carbocycles. The first-order chi connectivity index (χ1) is 12.2. The molecule has 144 valence electrons. The van der Waals surface area contributed by atoms with Crippen LogP contribution in [-0.4, -0.2) is 16.1 Å². The van der Waals surface area contributed by atoms with Gasteiger partial charge in [0.15, 0.2) is 0 Å². The maximum atomic E-state index is 9.74. The second-order valence-electron chi connectivity index (χ2n) is 6.91. The van der Waals surface area contributed by atoms with Crippen molar-refractivity contribution in [2.75, 3.05) is 0 Å². The van der Waals surface area contributed by atoms with E-state index in [1.165, 1.54) is 44.9 Å². The van der Waals surface area contributed by atoms with E-state index in [4.69, 9.17) is 12.2 Å². The fourth-order valence-electron chi connectivity index (χ4n) is 2.79. The van der Waals surface area contributed by atoms with Crippen molar-refractivity contribution in [2.24, 2.45) is 0 Å². The van der Waals surface area contributed by atoms with Crippen molar-refractivity contribution in [1.82, 2.24) is 0 Å². The smallest absolute Gasteiger partial charge is 0.0585 e. The predicted octanol–water partition coefficient (Wildman–Crippen LogP) is 7.50. The highest BCUT2D eigenvalue weighted by atomic mass is 32.1. The quantitative estimate of drug-likeness (QED) is 0.164. The molecule has 0 aromatic carbocycles. The van der Waals surface area contributed by atoms with E-state index in [2.05, 4.69) is 43.4 Å². The normalized spacial score (nSPS) is 13.4. The molecule has 1 atom stereocenters. The van der Waals surface area contributed by atoms with Crippen LogP contribution in [0.15, 0.2) is 36.5 Å². The number of rotatable bonds is 17. The molecule has 1 N–H and O–H groups in total. The molecule has 1 nitrogen and oxygen atoms in total. The van der Waals surface area contributed by atoms with Crippen LogP contribution in [0.25, 0.3) is 0 Å². The number of hydrogen-bond acceptors (Lipinski definition) is 2. The molecule has 0 radical (unpaired) electrons. The first-order valence-electron chi connectivity index (χ1n) is 10.3. The third-order valence-corrected chi connectivity index (χ3v) is 4.38. The van der Waals surface area contributed by atoms with Crippen LogP contribution in [0, 0.1) is 0 Å². The number of thiocarbonyl (C=S) groups is 1. The van der Waals surface area contributed by atoms with Crippen LogP contribution < -0.4 is 0 Å². The van der Waals surface area contributed by atoms with E-state index >= 15 is 0 Å². The molecule has 0 saturated heterocycles. The number of unbranched alkanes of at least 4 members (excludes halogenated alkanes) is 7. The topological polar surface area (TPSA) is 20.2 Å². The predicted molar refractivity (Wildman–Crippen MR) is 117 cm³/mol. The van der Waals surface area contributed by atoms with Gasteiger partial charge >= 0.3 is 0 Å². The summed E-state index contributed by atoms with van der Waals surface area (Å²) in [5, 5.41) is 9.74. The van der Waals surface area contributed by atoms with Gasteiger partial charge in [-0.15, -0.1) is 0 Å². The first kappa shape index (κ1) is 24.3. The van der Waals surface area contributed by atoms with Gasteiger partial charge in [0, 0.05) is 6.42 Å². The molecule has 2 heteroatoms. The van der Waals surface area contributed by atoms with Crippen molar-refractivity contribution >= 4 is 17.1 Å². The lowest BCUT2D eigenvalue weighted by Gasteiger charge is -2.08. The Morgan fingerprint density at radius 2 is 1.32 bits per heavy atom. The van der Waals surface area contributed by atoms with Crippen molar-refractivity contribution in [3.8, 4) is 0 Å². The van der Waals surface area contributed by atoms with Crippen LogP contribution in [-0.2, 0) is 0 Å². The van der Waals surface area contributed by atoms with Crippen molar-refractivity contribution in [3.63, 3.8) is 0 Å². The maximum absolute atomic E-state index is 9.74. The summed E-state index contributed by atoms with van der Waals surface area (Å²) in [5.41, 5.74) is 0. The second-order valence-corrected chi connectivity index (χ2v) is 7.60. The lowest BCUT2D eigenvalue weighted by molar-refractivity contribution is 0.168. The highest BCUT2D eigenvalue weighted by Crippen LogP contribution is 2.12.